The van der Waals surface area contributed by atoms with E-state index in [0.717, 1.165) is 101 Å². The molecule has 20 nitrogen and oxygen atoms in total. The second kappa shape index (κ2) is 21.1. The molecule has 5 N–H and O–H groups in total. The molecule has 5 aromatic heterocycles. The summed E-state index contributed by atoms with van der Waals surface area (Å²) in [5.74, 6) is 0.0877. The first-order valence-corrected chi connectivity index (χ1v) is 30.2. The third kappa shape index (κ3) is 9.36. The fourth-order valence-corrected chi connectivity index (χ4v) is 14.3. The Morgan fingerprint density at radius 2 is 1.78 bits per heavy atom. The highest BCUT2D eigenvalue weighted by molar-refractivity contribution is 6.07. The van der Waals surface area contributed by atoms with E-state index in [1.165, 1.54) is 11.0 Å². The molecule has 1 saturated carbocycles. The number of H-pyrrole nitrogens is 2. The van der Waals surface area contributed by atoms with Crippen molar-refractivity contribution < 1.29 is 33.3 Å². The van der Waals surface area contributed by atoms with Gasteiger partial charge in [-0.1, -0.05) is 38.1 Å². The van der Waals surface area contributed by atoms with E-state index < -0.39 is 23.7 Å². The topological polar surface area (TPSA) is 236 Å². The van der Waals surface area contributed by atoms with Gasteiger partial charge in [0, 0.05) is 114 Å². The van der Waals surface area contributed by atoms with Crippen LogP contribution in [0.2, 0.25) is 0 Å². The van der Waals surface area contributed by atoms with Gasteiger partial charge < -0.3 is 44.7 Å². The van der Waals surface area contributed by atoms with E-state index >= 15 is 4.39 Å². The maximum absolute atomic E-state index is 16.3. The molecule has 2 aliphatic carbocycles. The first-order chi connectivity index (χ1) is 41.3. The third-order valence-electron chi connectivity index (χ3n) is 18.8. The lowest BCUT2D eigenvalue weighted by atomic mass is 9.88. The first kappa shape index (κ1) is 53.5. The average Bonchev–Trinajstić information content (AvgIpc) is 1.89. The lowest BCUT2D eigenvalue weighted by molar-refractivity contribution is -0.142. The smallest absolute Gasteiger partial charge is 0.319 e. The van der Waals surface area contributed by atoms with Crippen LogP contribution in [0.25, 0.3) is 66.0 Å². The molecule has 9 aromatic rings. The molecule has 0 spiro atoms. The SMILES string of the molecule is CCn1nccc1-c1ccc2c(c1)CC[C@@H]2NC(=O)[C@@H]1C[C@@H](O)CN1C(=O)[C@H](C(C)C)n1cc2c(n1)c(=O)[nH]c1cc(COc3c(-c4c(C)c(F)cc5[nH]ncc45)c(C4CC4)cc4c(N5C[C@@H]6C[C@H]5CN6)nc(OC5CCOCC5)nc34)ccc12. The van der Waals surface area contributed by atoms with Gasteiger partial charge in [0.2, 0.25) is 11.8 Å². The van der Waals surface area contributed by atoms with Crippen molar-refractivity contribution in [1.29, 1.82) is 0 Å². The highest BCUT2D eigenvalue weighted by Gasteiger charge is 2.45. The minimum absolute atomic E-state index is 0.0148. The van der Waals surface area contributed by atoms with Crippen molar-refractivity contribution >= 4 is 61.2 Å². The normalized spacial score (nSPS) is 21.8. The Morgan fingerprint density at radius 1 is 0.918 bits per heavy atom. The van der Waals surface area contributed by atoms with Crippen molar-refractivity contribution in [3.05, 3.63) is 117 Å². The number of halogens is 1. The van der Waals surface area contributed by atoms with Crippen LogP contribution in [-0.4, -0.2) is 130 Å². The van der Waals surface area contributed by atoms with Crippen molar-refractivity contribution in [2.75, 3.05) is 37.7 Å². The lowest BCUT2D eigenvalue weighted by Gasteiger charge is -2.31. The molecule has 438 valence electrons. The number of β-amino-alcohol motifs (C(OH)–C–C–N with tert-alkyl or cyclic N) is 1. The van der Waals surface area contributed by atoms with Crippen molar-refractivity contribution in [2.45, 2.75) is 141 Å². The van der Waals surface area contributed by atoms with Crippen molar-refractivity contribution in [3.63, 3.8) is 0 Å². The van der Waals surface area contributed by atoms with Crippen molar-refractivity contribution in [2.24, 2.45) is 5.92 Å². The van der Waals surface area contributed by atoms with Crippen LogP contribution in [0.15, 0.2) is 78.0 Å². The number of benzene rings is 4. The second-order valence-electron chi connectivity index (χ2n) is 24.6. The summed E-state index contributed by atoms with van der Waals surface area (Å²) in [5, 5.41) is 37.4. The highest BCUT2D eigenvalue weighted by atomic mass is 19.1. The van der Waals surface area contributed by atoms with E-state index in [9.17, 15) is 19.5 Å². The van der Waals surface area contributed by atoms with E-state index in [4.69, 9.17) is 29.3 Å². The molecule has 2 amide bonds. The molecule has 4 aromatic carbocycles. The molecule has 15 rings (SSSR count). The molecular formula is C64H68FN13O7. The van der Waals surface area contributed by atoms with E-state index in [-0.39, 0.29) is 78.8 Å². The number of hydrogen-bond donors (Lipinski definition) is 5. The Balaban J connectivity index is 0.757. The minimum atomic E-state index is -0.907. The molecular weight excluding hydrogens is 1080 g/mol. The van der Waals surface area contributed by atoms with Gasteiger partial charge in [0.05, 0.1) is 42.8 Å². The summed E-state index contributed by atoms with van der Waals surface area (Å²) >= 11 is 0. The largest absolute Gasteiger partial charge is 0.486 e. The number of amides is 2. The van der Waals surface area contributed by atoms with Gasteiger partial charge in [-0.2, -0.15) is 25.3 Å². The molecule has 6 aliphatic rings. The summed E-state index contributed by atoms with van der Waals surface area (Å²) in [6.07, 6.45) is 10.2. The number of aliphatic hydroxyl groups excluding tert-OH is 1. The maximum atomic E-state index is 16.3. The van der Waals surface area contributed by atoms with Crippen LogP contribution in [0.1, 0.15) is 112 Å². The number of carbonyl (C=O) groups is 2. The van der Waals surface area contributed by atoms with Gasteiger partial charge in [-0.25, -0.2) is 4.39 Å². The number of aryl methyl sites for hydroxylation is 2. The summed E-state index contributed by atoms with van der Waals surface area (Å²) in [6, 6.07) is 16.5. The van der Waals surface area contributed by atoms with Crippen LogP contribution in [0.3, 0.4) is 0 Å². The zero-order chi connectivity index (χ0) is 57.9. The fourth-order valence-electron chi connectivity index (χ4n) is 14.3. The number of hydrogen-bond acceptors (Lipinski definition) is 14. The monoisotopic (exact) mass is 1150 g/mol. The number of nitrogens with zero attached hydrogens (tertiary/aromatic N) is 9. The number of aliphatic hydroxyl groups is 1. The quantitative estimate of drug-likeness (QED) is 0.0651. The number of fused-ring (bicyclic) bond motifs is 8. The summed E-state index contributed by atoms with van der Waals surface area (Å²) in [4.78, 5) is 60.8. The van der Waals surface area contributed by atoms with E-state index in [0.29, 0.717) is 82.7 Å². The van der Waals surface area contributed by atoms with E-state index in [1.807, 2.05) is 42.8 Å². The van der Waals surface area contributed by atoms with Gasteiger partial charge in [0.25, 0.3) is 5.56 Å². The molecule has 5 fully saturated rings. The van der Waals surface area contributed by atoms with Crippen molar-refractivity contribution in [3.8, 4) is 34.1 Å². The molecule has 0 unspecified atom stereocenters. The van der Waals surface area contributed by atoms with Gasteiger partial charge in [0.1, 0.15) is 41.9 Å². The Kier molecular flexibility index (Phi) is 13.2. The number of piperazine rings is 1. The number of rotatable bonds is 15. The van der Waals surface area contributed by atoms with Crippen LogP contribution >= 0.6 is 0 Å². The molecule has 6 atom stereocenters. The highest BCUT2D eigenvalue weighted by Crippen LogP contribution is 2.54. The Hall–Kier alpha value is -8.27. The number of anilines is 1. The molecule has 4 saturated heterocycles. The molecule has 21 heteroatoms. The number of aromatic amines is 2. The Morgan fingerprint density at radius 3 is 2.56 bits per heavy atom. The lowest BCUT2D eigenvalue weighted by Crippen LogP contribution is -2.49. The Labute approximate surface area is 488 Å². The van der Waals surface area contributed by atoms with Crippen LogP contribution in [-0.2, 0) is 33.9 Å². The zero-order valence-corrected chi connectivity index (χ0v) is 48.0. The summed E-state index contributed by atoms with van der Waals surface area (Å²) in [7, 11) is 0. The predicted octanol–water partition coefficient (Wildman–Crippen LogP) is 8.22. The van der Waals surface area contributed by atoms with Gasteiger partial charge in [-0.05, 0) is 116 Å². The number of aromatic nitrogens is 9. The number of likely N-dealkylation sites (tertiary alicyclic amines) is 1. The third-order valence-corrected chi connectivity index (χ3v) is 18.8. The van der Waals surface area contributed by atoms with Crippen molar-refractivity contribution in [1.82, 2.24) is 60.2 Å². The maximum Gasteiger partial charge on any atom is 0.319 e. The molecule has 9 heterocycles. The first-order valence-electron chi connectivity index (χ1n) is 30.2. The predicted molar refractivity (Wildman–Crippen MR) is 318 cm³/mol. The number of pyridine rings is 1. The molecule has 85 heavy (non-hydrogen) atoms. The number of carbonyl (C=O) groups excluding carboxylic acids is 2. The Bertz CT molecular complexity index is 4220. The molecule has 2 bridgehead atoms. The van der Waals surface area contributed by atoms with Gasteiger partial charge in [0.15, 0.2) is 11.3 Å². The van der Waals surface area contributed by atoms with Crippen LogP contribution in [0, 0.1) is 18.7 Å². The van der Waals surface area contributed by atoms with Crippen LogP contribution in [0.5, 0.6) is 11.8 Å². The van der Waals surface area contributed by atoms with E-state index in [1.54, 1.807) is 30.2 Å². The van der Waals surface area contributed by atoms with Gasteiger partial charge in [-0.15, -0.1) is 0 Å². The summed E-state index contributed by atoms with van der Waals surface area (Å²) in [6.45, 7) is 11.2. The van der Waals surface area contributed by atoms with Gasteiger partial charge in [-0.3, -0.25) is 28.8 Å². The molecule has 0 radical (unpaired) electrons. The van der Waals surface area contributed by atoms with Crippen LogP contribution < -0.4 is 30.6 Å². The van der Waals surface area contributed by atoms with E-state index in [2.05, 4.69) is 67.0 Å². The fraction of sp³-hybridized carbons (Fsp3) is 0.438. The summed E-state index contributed by atoms with van der Waals surface area (Å²) in [5.41, 5.74) is 9.36. The second-order valence-corrected chi connectivity index (χ2v) is 24.6. The standard InChI is InChI=1S/C64H68FN13O7/c1-5-77-52(14-17-68-77)37-9-12-42-36(21-37)10-13-49(42)69-61(80)53-23-40(79)29-76(53)63(82)58(32(2)3)78-30-47-43-11-6-34(20-50(43)70-62(81)57(47)74-78)31-84-59-55(54-33(4)48(65)25-51-46(54)27-67-73-51)44(35-7-8-35)24-45-56(59)71-64(85-41-15-18-83-19-16-41)72-60(45)75-28-38-22-39(75)26-66-38/h6,9,11-12,14,17,20-21,24-25,27,30,32,35,38-41,49,53,58,66,79H,5,7-8,10,13,15-16,18-19,22-23,26,28-29,31H2,1-4H3,(H,67,73)(H,69,80)(H,70,81)/t38-,39-,40+,49-,53-,58-/m0/s1. The average molecular weight is 1150 g/mol. The van der Waals surface area contributed by atoms with Crippen LogP contribution in [0.4, 0.5) is 10.2 Å². The summed E-state index contributed by atoms with van der Waals surface area (Å²) < 4.78 is 39.3. The number of nitrogens with one attached hydrogen (secondary N) is 4. The minimum Gasteiger partial charge on any atom is -0.486 e. The molecule has 4 aliphatic heterocycles. The van der Waals surface area contributed by atoms with Gasteiger partial charge >= 0.3 is 6.01 Å². The zero-order valence-electron chi connectivity index (χ0n) is 48.0. The number of ether oxygens (including phenoxy) is 3.